The van der Waals surface area contributed by atoms with Crippen molar-refractivity contribution in [2.75, 3.05) is 7.11 Å². The molecule has 0 fully saturated rings. The SMILES string of the molecule is COc1ccc(C(=O)N2N=C(C(F)F)C[C@@]2(O)C(F)F)cc1COc1ccc(Br)cc1. The molecule has 0 aromatic heterocycles. The Morgan fingerprint density at radius 1 is 1.23 bits per heavy atom. The largest absolute Gasteiger partial charge is 0.496 e. The number of amides is 1. The molecule has 3 rings (SSSR count). The van der Waals surface area contributed by atoms with Crippen molar-refractivity contribution in [2.24, 2.45) is 5.10 Å². The smallest absolute Gasteiger partial charge is 0.287 e. The van der Waals surface area contributed by atoms with E-state index in [-0.39, 0.29) is 17.2 Å². The fourth-order valence-electron chi connectivity index (χ4n) is 2.94. The molecule has 0 unspecified atom stereocenters. The predicted molar refractivity (Wildman–Crippen MR) is 107 cm³/mol. The van der Waals surface area contributed by atoms with Gasteiger partial charge in [0.2, 0.25) is 5.72 Å². The third-order valence-electron chi connectivity index (χ3n) is 4.57. The Morgan fingerprint density at radius 3 is 2.48 bits per heavy atom. The number of ether oxygens (including phenoxy) is 2. The molecule has 6 nitrogen and oxygen atoms in total. The van der Waals surface area contributed by atoms with Gasteiger partial charge in [0.15, 0.2) is 0 Å². The molecule has 2 aromatic rings. The van der Waals surface area contributed by atoms with Gasteiger partial charge < -0.3 is 14.6 Å². The van der Waals surface area contributed by atoms with E-state index in [2.05, 4.69) is 21.0 Å². The monoisotopic (exact) mass is 504 g/mol. The Kier molecular flexibility index (Phi) is 6.85. The van der Waals surface area contributed by atoms with Crippen molar-refractivity contribution < 1.29 is 36.9 Å². The maximum absolute atomic E-state index is 13.4. The van der Waals surface area contributed by atoms with Crippen molar-refractivity contribution >= 4 is 27.5 Å². The van der Waals surface area contributed by atoms with E-state index in [1.165, 1.54) is 25.3 Å². The molecule has 2 aromatic carbocycles. The summed E-state index contributed by atoms with van der Waals surface area (Å²) in [6.07, 6.45) is -7.84. The fraction of sp³-hybridized carbons (Fsp3) is 0.300. The highest BCUT2D eigenvalue weighted by Gasteiger charge is 2.53. The first-order valence-electron chi connectivity index (χ1n) is 8.91. The van der Waals surface area contributed by atoms with Gasteiger partial charge in [-0.1, -0.05) is 15.9 Å². The second-order valence-electron chi connectivity index (χ2n) is 6.63. The summed E-state index contributed by atoms with van der Waals surface area (Å²) in [5, 5.41) is 13.5. The summed E-state index contributed by atoms with van der Waals surface area (Å²) in [5.74, 6) is -0.276. The lowest BCUT2D eigenvalue weighted by atomic mass is 10.1. The van der Waals surface area contributed by atoms with Crippen molar-refractivity contribution in [3.63, 3.8) is 0 Å². The lowest BCUT2D eigenvalue weighted by Gasteiger charge is -2.30. The number of methoxy groups -OCH3 is 1. The summed E-state index contributed by atoms with van der Waals surface area (Å²) in [4.78, 5) is 12.8. The van der Waals surface area contributed by atoms with Gasteiger partial charge >= 0.3 is 0 Å². The molecule has 0 spiro atoms. The average molecular weight is 505 g/mol. The number of benzene rings is 2. The number of carbonyl (C=O) groups excluding carboxylic acids is 1. The summed E-state index contributed by atoms with van der Waals surface area (Å²) >= 11 is 3.31. The van der Waals surface area contributed by atoms with Gasteiger partial charge in [0, 0.05) is 22.0 Å². The zero-order valence-electron chi connectivity index (χ0n) is 16.1. The lowest BCUT2D eigenvalue weighted by Crippen LogP contribution is -2.51. The number of hydrazone groups is 1. The minimum Gasteiger partial charge on any atom is -0.496 e. The zero-order valence-corrected chi connectivity index (χ0v) is 17.7. The second kappa shape index (κ2) is 9.23. The number of alkyl halides is 4. The molecule has 31 heavy (non-hydrogen) atoms. The van der Waals surface area contributed by atoms with Gasteiger partial charge in [-0.3, -0.25) is 4.79 Å². The summed E-state index contributed by atoms with van der Waals surface area (Å²) < 4.78 is 64.5. The second-order valence-corrected chi connectivity index (χ2v) is 7.55. The number of hydrogen-bond acceptors (Lipinski definition) is 5. The van der Waals surface area contributed by atoms with Crippen LogP contribution < -0.4 is 9.47 Å². The van der Waals surface area contributed by atoms with Crippen LogP contribution in [0.2, 0.25) is 0 Å². The first-order valence-corrected chi connectivity index (χ1v) is 9.71. The number of hydrogen-bond donors (Lipinski definition) is 1. The fourth-order valence-corrected chi connectivity index (χ4v) is 3.21. The van der Waals surface area contributed by atoms with Crippen LogP contribution in [0.25, 0.3) is 0 Å². The molecule has 166 valence electrons. The van der Waals surface area contributed by atoms with Crippen LogP contribution in [0.15, 0.2) is 52.0 Å². The highest BCUT2D eigenvalue weighted by atomic mass is 79.9. The highest BCUT2D eigenvalue weighted by Crippen LogP contribution is 2.35. The van der Waals surface area contributed by atoms with Gasteiger partial charge in [-0.2, -0.15) is 10.1 Å². The van der Waals surface area contributed by atoms with Crippen LogP contribution in [-0.2, 0) is 6.61 Å². The van der Waals surface area contributed by atoms with Crippen LogP contribution in [0.5, 0.6) is 11.5 Å². The van der Waals surface area contributed by atoms with Crippen molar-refractivity contribution in [3.8, 4) is 11.5 Å². The molecule has 1 atom stereocenters. The maximum Gasteiger partial charge on any atom is 0.287 e. The summed E-state index contributed by atoms with van der Waals surface area (Å²) in [6.45, 7) is -0.0312. The first kappa shape index (κ1) is 23.0. The molecule has 0 saturated carbocycles. The van der Waals surface area contributed by atoms with Crippen molar-refractivity contribution in [1.29, 1.82) is 0 Å². The summed E-state index contributed by atoms with van der Waals surface area (Å²) in [7, 11) is 1.40. The normalized spacial score (nSPS) is 18.5. The average Bonchev–Trinajstić information content (AvgIpc) is 3.12. The molecule has 0 saturated heterocycles. The Hall–Kier alpha value is -2.66. The van der Waals surface area contributed by atoms with Crippen LogP contribution in [0.4, 0.5) is 17.6 Å². The molecule has 1 N–H and O–H groups in total. The lowest BCUT2D eigenvalue weighted by molar-refractivity contribution is -0.164. The molecular weight excluding hydrogens is 488 g/mol. The minimum atomic E-state index is -3.50. The number of carbonyl (C=O) groups is 1. The minimum absolute atomic E-state index is 0.0142. The van der Waals surface area contributed by atoms with Crippen molar-refractivity contribution in [3.05, 3.63) is 58.1 Å². The topological polar surface area (TPSA) is 71.4 Å². The van der Waals surface area contributed by atoms with Crippen LogP contribution in [0.1, 0.15) is 22.3 Å². The highest BCUT2D eigenvalue weighted by molar-refractivity contribution is 9.10. The molecule has 0 radical (unpaired) electrons. The van der Waals surface area contributed by atoms with E-state index in [0.717, 1.165) is 4.47 Å². The Morgan fingerprint density at radius 2 is 1.90 bits per heavy atom. The standard InChI is InChI=1S/C20H17BrF4N2O4/c1-30-16-7-2-11(8-12(16)10-31-14-5-3-13(21)4-6-14)18(28)27-20(29,19(24)25)9-15(26-27)17(22)23/h2-8,17,19,29H,9-10H2,1H3/t20-/m1/s1. The van der Waals surface area contributed by atoms with Gasteiger partial charge in [0.05, 0.1) is 7.11 Å². The predicted octanol–water partition coefficient (Wildman–Crippen LogP) is 4.46. The van der Waals surface area contributed by atoms with Gasteiger partial charge in [0.1, 0.15) is 23.8 Å². The molecule has 11 heteroatoms. The van der Waals surface area contributed by atoms with Gasteiger partial charge in [-0.05, 0) is 42.5 Å². The quantitative estimate of drug-likeness (QED) is 0.565. The maximum atomic E-state index is 13.4. The van der Waals surface area contributed by atoms with Crippen LogP contribution in [0, 0.1) is 0 Å². The van der Waals surface area contributed by atoms with E-state index >= 15 is 0 Å². The third-order valence-corrected chi connectivity index (χ3v) is 5.09. The number of rotatable bonds is 7. The van der Waals surface area contributed by atoms with Crippen LogP contribution in [0.3, 0.4) is 0 Å². The van der Waals surface area contributed by atoms with E-state index in [4.69, 9.17) is 9.47 Å². The van der Waals surface area contributed by atoms with E-state index in [1.807, 2.05) is 0 Å². The Labute approximate surface area is 183 Å². The first-order chi connectivity index (χ1) is 14.7. The third kappa shape index (κ3) is 4.82. The van der Waals surface area contributed by atoms with E-state index < -0.39 is 36.6 Å². The van der Waals surface area contributed by atoms with Gasteiger partial charge in [-0.15, -0.1) is 0 Å². The van der Waals surface area contributed by atoms with Crippen LogP contribution >= 0.6 is 15.9 Å². The summed E-state index contributed by atoms with van der Waals surface area (Å²) in [6, 6.07) is 10.9. The number of aliphatic hydroxyl groups is 1. The molecule has 1 heterocycles. The van der Waals surface area contributed by atoms with Crippen molar-refractivity contribution in [2.45, 2.75) is 31.6 Å². The Bertz CT molecular complexity index is 988. The van der Waals surface area contributed by atoms with Gasteiger partial charge in [-0.25, -0.2) is 17.6 Å². The molecule has 1 aliphatic heterocycles. The molecule has 0 bridgehead atoms. The zero-order chi connectivity index (χ0) is 22.8. The van der Waals surface area contributed by atoms with E-state index in [9.17, 15) is 27.5 Å². The Balaban J connectivity index is 1.88. The van der Waals surface area contributed by atoms with Crippen LogP contribution in [-0.4, -0.2) is 47.4 Å². The van der Waals surface area contributed by atoms with Crippen molar-refractivity contribution in [1.82, 2.24) is 5.01 Å². The number of halogens is 5. The molecule has 0 aliphatic carbocycles. The number of nitrogens with zero attached hydrogens (tertiary/aromatic N) is 2. The molecule has 1 amide bonds. The van der Waals surface area contributed by atoms with E-state index in [1.54, 1.807) is 24.3 Å². The molecular formula is C20H17BrF4N2O4. The summed E-state index contributed by atoms with van der Waals surface area (Å²) in [5.41, 5.74) is -3.91. The molecule has 1 aliphatic rings. The van der Waals surface area contributed by atoms with Gasteiger partial charge in [0.25, 0.3) is 18.8 Å². The van der Waals surface area contributed by atoms with E-state index in [0.29, 0.717) is 17.1 Å².